The molecular weight excluding hydrogens is 100 g/mol. The quantitative estimate of drug-likeness (QED) is 0.424. The van der Waals surface area contributed by atoms with Crippen LogP contribution < -0.4 is 0 Å². The highest BCUT2D eigenvalue weighted by atomic mass is 32.2. The van der Waals surface area contributed by atoms with Gasteiger partial charge in [0, 0.05) is 16.6 Å². The van der Waals surface area contributed by atoms with Crippen molar-refractivity contribution in [3.63, 3.8) is 0 Å². The monoisotopic (exact) mass is 106 g/mol. The Morgan fingerprint density at radius 3 is 2.67 bits per heavy atom. The maximum absolute atomic E-state index is 10.2. The van der Waals surface area contributed by atoms with E-state index in [4.69, 9.17) is 4.74 Å². The van der Waals surface area contributed by atoms with Gasteiger partial charge < -0.3 is 4.74 Å². The van der Waals surface area contributed by atoms with Gasteiger partial charge in [-0.3, -0.25) is 4.21 Å². The van der Waals surface area contributed by atoms with Gasteiger partial charge >= 0.3 is 0 Å². The molecule has 1 aliphatic rings. The maximum atomic E-state index is 10.2. The first-order chi connectivity index (χ1) is 2.89. The smallest absolute Gasteiger partial charge is 0.122 e. The van der Waals surface area contributed by atoms with E-state index in [9.17, 15) is 4.21 Å². The molecule has 1 saturated heterocycles. The standard InChI is InChI=1S/C3H6O2S/c4-6-2-1-5-3-6/h1-3H2. The zero-order valence-corrected chi connectivity index (χ0v) is 4.16. The van der Waals surface area contributed by atoms with Crippen molar-refractivity contribution in [2.75, 3.05) is 18.3 Å². The van der Waals surface area contributed by atoms with Crippen LogP contribution in [0.4, 0.5) is 0 Å². The van der Waals surface area contributed by atoms with Gasteiger partial charge in [0.25, 0.3) is 0 Å². The van der Waals surface area contributed by atoms with Crippen LogP contribution in [0.3, 0.4) is 0 Å². The molecule has 0 spiro atoms. The van der Waals surface area contributed by atoms with E-state index in [0.29, 0.717) is 12.5 Å². The molecule has 6 heavy (non-hydrogen) atoms. The number of rotatable bonds is 0. The van der Waals surface area contributed by atoms with Crippen molar-refractivity contribution in [2.45, 2.75) is 0 Å². The summed E-state index contributed by atoms with van der Waals surface area (Å²) in [7, 11) is -0.645. The van der Waals surface area contributed by atoms with Crippen molar-refractivity contribution in [3.05, 3.63) is 0 Å². The molecule has 1 rings (SSSR count). The predicted molar refractivity (Wildman–Crippen MR) is 23.8 cm³/mol. The molecule has 36 valence electrons. The Bertz CT molecular complexity index is 63.2. The fourth-order valence-corrected chi connectivity index (χ4v) is 1.09. The van der Waals surface area contributed by atoms with E-state index in [1.54, 1.807) is 0 Å². The van der Waals surface area contributed by atoms with Gasteiger partial charge in [-0.1, -0.05) is 0 Å². The highest BCUT2D eigenvalue weighted by Crippen LogP contribution is 1.92. The van der Waals surface area contributed by atoms with Crippen molar-refractivity contribution in [1.29, 1.82) is 0 Å². The number of ether oxygens (including phenoxy) is 1. The summed E-state index contributed by atoms with van der Waals surface area (Å²) in [5.74, 6) is 1.19. The minimum absolute atomic E-state index is 0.458. The summed E-state index contributed by atoms with van der Waals surface area (Å²) >= 11 is 0. The first-order valence-electron chi connectivity index (χ1n) is 1.82. The molecule has 0 radical (unpaired) electrons. The molecule has 0 aromatic carbocycles. The third-order valence-electron chi connectivity index (χ3n) is 0.670. The Labute approximate surface area is 39.0 Å². The molecule has 3 heteroatoms. The Hall–Kier alpha value is 0.110. The minimum atomic E-state index is -0.645. The van der Waals surface area contributed by atoms with Crippen LogP contribution in [0.2, 0.25) is 0 Å². The molecule has 1 aliphatic heterocycles. The number of hydrogen-bond acceptors (Lipinski definition) is 2. The van der Waals surface area contributed by atoms with Gasteiger partial charge in [-0.2, -0.15) is 0 Å². The summed E-state index contributed by atoms with van der Waals surface area (Å²) in [6.07, 6.45) is 0. The topological polar surface area (TPSA) is 26.3 Å². The summed E-state index contributed by atoms with van der Waals surface area (Å²) in [6, 6.07) is 0. The molecule has 0 N–H and O–H groups in total. The Kier molecular flexibility index (Phi) is 1.22. The van der Waals surface area contributed by atoms with E-state index in [1.807, 2.05) is 0 Å². The molecule has 0 saturated carbocycles. The predicted octanol–water partition coefficient (Wildman–Crippen LogP) is -0.277. The summed E-state index contributed by atoms with van der Waals surface area (Å²) < 4.78 is 15.0. The van der Waals surface area contributed by atoms with E-state index in [1.165, 1.54) is 0 Å². The van der Waals surface area contributed by atoms with Crippen molar-refractivity contribution >= 4 is 10.8 Å². The van der Waals surface area contributed by atoms with Crippen LogP contribution in [0.15, 0.2) is 0 Å². The fourth-order valence-electron chi connectivity index (χ4n) is 0.363. The second kappa shape index (κ2) is 1.71. The first-order valence-corrected chi connectivity index (χ1v) is 3.31. The van der Waals surface area contributed by atoms with Crippen molar-refractivity contribution in [2.24, 2.45) is 0 Å². The highest BCUT2D eigenvalue weighted by Gasteiger charge is 2.05. The van der Waals surface area contributed by atoms with Gasteiger partial charge in [-0.15, -0.1) is 0 Å². The normalized spacial score (nSPS) is 34.3. The van der Waals surface area contributed by atoms with Crippen LogP contribution in [0.25, 0.3) is 0 Å². The Morgan fingerprint density at radius 1 is 1.67 bits per heavy atom. The molecule has 1 unspecified atom stereocenters. The molecule has 0 bridgehead atoms. The van der Waals surface area contributed by atoms with Crippen molar-refractivity contribution < 1.29 is 8.95 Å². The molecule has 0 aromatic heterocycles. The molecule has 1 atom stereocenters. The summed E-state index contributed by atoms with van der Waals surface area (Å²) in [5, 5.41) is 0. The van der Waals surface area contributed by atoms with Gasteiger partial charge in [0.2, 0.25) is 0 Å². The lowest BCUT2D eigenvalue weighted by atomic mass is 10.9. The molecular formula is C3H6O2S. The first kappa shape index (κ1) is 4.27. The van der Waals surface area contributed by atoms with Crippen LogP contribution in [0, 0.1) is 0 Å². The average Bonchev–Trinajstić information content (AvgIpc) is 1.86. The number of hydrogen-bond donors (Lipinski definition) is 0. The van der Waals surface area contributed by atoms with Gasteiger partial charge in [0.1, 0.15) is 5.94 Å². The van der Waals surface area contributed by atoms with Crippen LogP contribution in [0.1, 0.15) is 0 Å². The van der Waals surface area contributed by atoms with Gasteiger partial charge in [-0.05, 0) is 0 Å². The largest absolute Gasteiger partial charge is 0.367 e. The van der Waals surface area contributed by atoms with Crippen LogP contribution >= 0.6 is 0 Å². The minimum Gasteiger partial charge on any atom is -0.367 e. The van der Waals surface area contributed by atoms with E-state index < -0.39 is 10.8 Å². The van der Waals surface area contributed by atoms with Gasteiger partial charge in [0.15, 0.2) is 0 Å². The second-order valence-electron chi connectivity index (χ2n) is 1.17. The summed E-state index contributed by atoms with van der Waals surface area (Å²) in [4.78, 5) is 0. The average molecular weight is 106 g/mol. The fraction of sp³-hybridized carbons (Fsp3) is 1.00. The van der Waals surface area contributed by atoms with Crippen molar-refractivity contribution in [3.8, 4) is 0 Å². The van der Waals surface area contributed by atoms with Crippen LogP contribution in [-0.4, -0.2) is 22.5 Å². The molecule has 2 nitrogen and oxygen atoms in total. The lowest BCUT2D eigenvalue weighted by Crippen LogP contribution is -1.87. The van der Waals surface area contributed by atoms with Gasteiger partial charge in [0.05, 0.1) is 6.61 Å². The molecule has 0 amide bonds. The summed E-state index contributed by atoms with van der Waals surface area (Å²) in [6.45, 7) is 0.687. The van der Waals surface area contributed by atoms with Crippen LogP contribution in [-0.2, 0) is 15.5 Å². The molecule has 0 aromatic rings. The molecule has 0 aliphatic carbocycles. The van der Waals surface area contributed by atoms with Gasteiger partial charge in [-0.25, -0.2) is 0 Å². The lowest BCUT2D eigenvalue weighted by molar-refractivity contribution is 0.216. The lowest BCUT2D eigenvalue weighted by Gasteiger charge is -1.75. The zero-order chi connectivity index (χ0) is 4.41. The molecule has 1 fully saturated rings. The maximum Gasteiger partial charge on any atom is 0.122 e. The highest BCUT2D eigenvalue weighted by molar-refractivity contribution is 7.85. The second-order valence-corrected chi connectivity index (χ2v) is 2.69. The summed E-state index contributed by atoms with van der Waals surface area (Å²) in [5.41, 5.74) is 0. The Morgan fingerprint density at radius 2 is 2.50 bits per heavy atom. The Balaban J connectivity index is 2.37. The molecule has 1 heterocycles. The van der Waals surface area contributed by atoms with Crippen molar-refractivity contribution in [1.82, 2.24) is 0 Å². The van der Waals surface area contributed by atoms with E-state index in [2.05, 4.69) is 0 Å². The van der Waals surface area contributed by atoms with E-state index in [0.717, 1.165) is 5.75 Å². The third-order valence-corrected chi connectivity index (χ3v) is 1.72. The van der Waals surface area contributed by atoms with Crippen LogP contribution in [0.5, 0.6) is 0 Å². The van der Waals surface area contributed by atoms with E-state index >= 15 is 0 Å². The SMILES string of the molecule is O=S1CCOC1. The van der Waals surface area contributed by atoms with E-state index in [-0.39, 0.29) is 0 Å². The third kappa shape index (κ3) is 0.786. The zero-order valence-electron chi connectivity index (χ0n) is 3.35.